The lowest BCUT2D eigenvalue weighted by Crippen LogP contribution is -2.45. The van der Waals surface area contributed by atoms with E-state index in [0.29, 0.717) is 24.3 Å². The summed E-state index contributed by atoms with van der Waals surface area (Å²) >= 11 is 11.9. The number of carbonyl (C=O) groups excluding carboxylic acids is 2. The van der Waals surface area contributed by atoms with Gasteiger partial charge in [0.05, 0.1) is 21.7 Å². The monoisotopic (exact) mass is 400 g/mol. The summed E-state index contributed by atoms with van der Waals surface area (Å²) < 4.78 is 5.82. The van der Waals surface area contributed by atoms with Crippen LogP contribution in [0.5, 0.6) is 0 Å². The molecule has 26 heavy (non-hydrogen) atoms. The zero-order valence-electron chi connectivity index (χ0n) is 15.0. The summed E-state index contributed by atoms with van der Waals surface area (Å²) in [5, 5.41) is 5.92. The summed E-state index contributed by atoms with van der Waals surface area (Å²) in [5.41, 5.74) is 0.250. The van der Waals surface area contributed by atoms with Crippen LogP contribution in [0.2, 0.25) is 10.0 Å². The standard InChI is InChI=1S/C19H26Cl2N2O3/c1-13(23-19(25)15-9-5-10-16(20)17(15)21)18(24)22-11-6-12-26-14-7-3-2-4-8-14/h5,9-10,13-14H,2-4,6-8,11-12H2,1H3,(H,22,24)(H,23,25). The summed E-state index contributed by atoms with van der Waals surface area (Å²) in [7, 11) is 0. The molecule has 1 aromatic carbocycles. The number of nitrogens with one attached hydrogen (secondary N) is 2. The Kier molecular flexibility index (Phi) is 8.69. The van der Waals surface area contributed by atoms with E-state index in [1.807, 2.05) is 0 Å². The zero-order valence-corrected chi connectivity index (χ0v) is 16.5. The van der Waals surface area contributed by atoms with Gasteiger partial charge in [-0.2, -0.15) is 0 Å². The highest BCUT2D eigenvalue weighted by atomic mass is 35.5. The molecule has 0 aromatic heterocycles. The Bertz CT molecular complexity index is 619. The number of carbonyl (C=O) groups is 2. The number of ether oxygens (including phenoxy) is 1. The molecule has 0 heterocycles. The van der Waals surface area contributed by atoms with Crippen LogP contribution in [0.4, 0.5) is 0 Å². The third-order valence-corrected chi connectivity index (χ3v) is 5.28. The molecule has 1 aliphatic rings. The number of amides is 2. The van der Waals surface area contributed by atoms with Gasteiger partial charge in [0, 0.05) is 13.2 Å². The van der Waals surface area contributed by atoms with E-state index >= 15 is 0 Å². The van der Waals surface area contributed by atoms with Gasteiger partial charge < -0.3 is 15.4 Å². The van der Waals surface area contributed by atoms with Gasteiger partial charge >= 0.3 is 0 Å². The third kappa shape index (κ3) is 6.45. The van der Waals surface area contributed by atoms with E-state index in [-0.39, 0.29) is 16.5 Å². The molecule has 1 unspecified atom stereocenters. The summed E-state index contributed by atoms with van der Waals surface area (Å²) in [5.74, 6) is -0.671. The first kappa shape index (κ1) is 21.0. The van der Waals surface area contributed by atoms with E-state index < -0.39 is 11.9 Å². The Labute approximate surface area is 164 Å². The van der Waals surface area contributed by atoms with Crippen molar-refractivity contribution in [1.82, 2.24) is 10.6 Å². The van der Waals surface area contributed by atoms with Crippen LogP contribution < -0.4 is 10.6 Å². The van der Waals surface area contributed by atoms with Gasteiger partial charge in [-0.3, -0.25) is 9.59 Å². The molecule has 144 valence electrons. The number of hydrogen-bond donors (Lipinski definition) is 2. The van der Waals surface area contributed by atoms with Crippen molar-refractivity contribution in [1.29, 1.82) is 0 Å². The minimum Gasteiger partial charge on any atom is -0.378 e. The van der Waals surface area contributed by atoms with E-state index in [1.54, 1.807) is 25.1 Å². The fraction of sp³-hybridized carbons (Fsp3) is 0.579. The minimum atomic E-state index is -0.670. The first-order chi connectivity index (χ1) is 12.5. The van der Waals surface area contributed by atoms with Crippen molar-refractivity contribution >= 4 is 35.0 Å². The number of hydrogen-bond acceptors (Lipinski definition) is 3. The molecule has 0 radical (unpaired) electrons. The predicted molar refractivity (Wildman–Crippen MR) is 104 cm³/mol. The summed E-state index contributed by atoms with van der Waals surface area (Å²) in [6.45, 7) is 2.79. The molecule has 1 fully saturated rings. The molecule has 7 heteroatoms. The predicted octanol–water partition coefficient (Wildman–Crippen LogP) is 3.97. The highest BCUT2D eigenvalue weighted by Crippen LogP contribution is 2.25. The Morgan fingerprint density at radius 1 is 1.23 bits per heavy atom. The zero-order chi connectivity index (χ0) is 18.9. The number of halogens is 2. The number of benzene rings is 1. The van der Waals surface area contributed by atoms with Crippen molar-refractivity contribution in [3.63, 3.8) is 0 Å². The quantitative estimate of drug-likeness (QED) is 0.648. The van der Waals surface area contributed by atoms with Gasteiger partial charge in [-0.15, -0.1) is 0 Å². The second-order valence-corrected chi connectivity index (χ2v) is 7.36. The Morgan fingerprint density at radius 3 is 2.69 bits per heavy atom. The van der Waals surface area contributed by atoms with Crippen molar-refractivity contribution in [3.05, 3.63) is 33.8 Å². The van der Waals surface area contributed by atoms with Crippen molar-refractivity contribution in [2.24, 2.45) is 0 Å². The molecule has 1 aliphatic carbocycles. The normalized spacial score (nSPS) is 16.1. The SMILES string of the molecule is CC(NC(=O)c1cccc(Cl)c1Cl)C(=O)NCCCOC1CCCCC1. The van der Waals surface area contributed by atoms with Crippen molar-refractivity contribution < 1.29 is 14.3 Å². The van der Waals surface area contributed by atoms with Crippen LogP contribution in [0, 0.1) is 0 Å². The molecule has 2 amide bonds. The Hall–Kier alpha value is -1.30. The van der Waals surface area contributed by atoms with Gasteiger partial charge in [0.2, 0.25) is 5.91 Å². The largest absolute Gasteiger partial charge is 0.378 e. The summed E-state index contributed by atoms with van der Waals surface area (Å²) in [6.07, 6.45) is 7.20. The van der Waals surface area contributed by atoms with Gasteiger partial charge in [-0.1, -0.05) is 48.5 Å². The summed E-state index contributed by atoms with van der Waals surface area (Å²) in [4.78, 5) is 24.3. The maximum Gasteiger partial charge on any atom is 0.253 e. The van der Waals surface area contributed by atoms with Crippen molar-refractivity contribution in [2.45, 2.75) is 57.6 Å². The Balaban J connectivity index is 1.66. The van der Waals surface area contributed by atoms with Crippen LogP contribution in [0.15, 0.2) is 18.2 Å². The molecule has 2 N–H and O–H groups in total. The average Bonchev–Trinajstić information content (AvgIpc) is 2.64. The Morgan fingerprint density at radius 2 is 1.96 bits per heavy atom. The highest BCUT2D eigenvalue weighted by molar-refractivity contribution is 6.43. The molecule has 2 rings (SSSR count). The highest BCUT2D eigenvalue weighted by Gasteiger charge is 2.19. The molecule has 0 bridgehead atoms. The van der Waals surface area contributed by atoms with Crippen molar-refractivity contribution in [2.75, 3.05) is 13.2 Å². The molecular formula is C19H26Cl2N2O3. The van der Waals surface area contributed by atoms with Crippen LogP contribution in [0.1, 0.15) is 55.8 Å². The number of rotatable bonds is 8. The smallest absolute Gasteiger partial charge is 0.253 e. The van der Waals surface area contributed by atoms with Gasteiger partial charge in [0.15, 0.2) is 0 Å². The fourth-order valence-corrected chi connectivity index (χ4v) is 3.32. The topological polar surface area (TPSA) is 67.4 Å². The minimum absolute atomic E-state index is 0.180. The molecule has 1 saturated carbocycles. The maximum atomic E-state index is 12.2. The lowest BCUT2D eigenvalue weighted by atomic mass is 9.98. The van der Waals surface area contributed by atoms with Crippen LogP contribution >= 0.6 is 23.2 Å². The first-order valence-electron chi connectivity index (χ1n) is 9.13. The van der Waals surface area contributed by atoms with Crippen molar-refractivity contribution in [3.8, 4) is 0 Å². The second kappa shape index (κ2) is 10.8. The van der Waals surface area contributed by atoms with Gasteiger partial charge in [-0.05, 0) is 38.3 Å². The van der Waals surface area contributed by atoms with E-state index in [2.05, 4.69) is 10.6 Å². The molecule has 0 saturated heterocycles. The first-order valence-corrected chi connectivity index (χ1v) is 9.89. The lowest BCUT2D eigenvalue weighted by molar-refractivity contribution is -0.122. The van der Waals surface area contributed by atoms with E-state index in [1.165, 1.54) is 19.3 Å². The third-order valence-electron chi connectivity index (χ3n) is 4.46. The van der Waals surface area contributed by atoms with Gasteiger partial charge in [-0.25, -0.2) is 0 Å². The molecular weight excluding hydrogens is 375 g/mol. The molecule has 1 atom stereocenters. The molecule has 0 spiro atoms. The van der Waals surface area contributed by atoms with Crippen LogP contribution in [0.25, 0.3) is 0 Å². The summed E-state index contributed by atoms with van der Waals surface area (Å²) in [6, 6.07) is 4.14. The average molecular weight is 401 g/mol. The molecule has 5 nitrogen and oxygen atoms in total. The van der Waals surface area contributed by atoms with E-state index in [4.69, 9.17) is 27.9 Å². The lowest BCUT2D eigenvalue weighted by Gasteiger charge is -2.22. The molecule has 0 aliphatic heterocycles. The maximum absolute atomic E-state index is 12.2. The van der Waals surface area contributed by atoms with E-state index in [0.717, 1.165) is 19.3 Å². The van der Waals surface area contributed by atoms with Crippen LogP contribution in [0.3, 0.4) is 0 Å². The second-order valence-electron chi connectivity index (χ2n) is 6.57. The van der Waals surface area contributed by atoms with Gasteiger partial charge in [0.25, 0.3) is 5.91 Å². The molecule has 1 aromatic rings. The fourth-order valence-electron chi connectivity index (χ4n) is 2.94. The van der Waals surface area contributed by atoms with Gasteiger partial charge in [0.1, 0.15) is 6.04 Å². The van der Waals surface area contributed by atoms with Crippen LogP contribution in [-0.4, -0.2) is 37.1 Å². The van der Waals surface area contributed by atoms with Crippen LogP contribution in [-0.2, 0) is 9.53 Å². The van der Waals surface area contributed by atoms with E-state index in [9.17, 15) is 9.59 Å².